The Morgan fingerprint density at radius 1 is 0.838 bits per heavy atom. The van der Waals surface area contributed by atoms with E-state index in [-0.39, 0.29) is 25.2 Å². The third-order valence-electron chi connectivity index (χ3n) is 5.81. The fraction of sp³-hybridized carbons (Fsp3) is 0.500. The molecule has 10 N–H and O–H groups in total. The second-order valence-electron chi connectivity index (χ2n) is 8.80. The maximum absolute atomic E-state index is 13.2. The molecule has 0 aromatic heterocycles. The van der Waals surface area contributed by atoms with E-state index in [0.29, 0.717) is 12.0 Å². The Kier molecular flexibility index (Phi) is 12.7. The summed E-state index contributed by atoms with van der Waals surface area (Å²) in [5, 5.41) is 16.6. The zero-order valence-corrected chi connectivity index (χ0v) is 20.9. The molecule has 0 heterocycles. The lowest BCUT2D eigenvalue weighted by Gasteiger charge is -2.26. The van der Waals surface area contributed by atoms with Crippen molar-refractivity contribution in [1.82, 2.24) is 16.0 Å². The number of carbonyl (C=O) groups excluding carboxylic acids is 5. The van der Waals surface area contributed by atoms with E-state index in [9.17, 15) is 33.9 Å². The molecule has 204 valence electrons. The summed E-state index contributed by atoms with van der Waals surface area (Å²) in [6, 6.07) is 3.51. The number of primary amides is 2. The molecule has 5 unspecified atom stereocenters. The second-order valence-corrected chi connectivity index (χ2v) is 8.80. The smallest absolute Gasteiger partial charge is 0.326 e. The number of benzene rings is 1. The third kappa shape index (κ3) is 11.1. The molecule has 0 radical (unpaired) electrons. The second kappa shape index (κ2) is 15.2. The van der Waals surface area contributed by atoms with E-state index in [1.165, 1.54) is 0 Å². The van der Waals surface area contributed by atoms with Gasteiger partial charge >= 0.3 is 5.97 Å². The molecule has 5 amide bonds. The number of rotatable bonds is 16. The van der Waals surface area contributed by atoms with Gasteiger partial charge in [0.2, 0.25) is 29.5 Å². The van der Waals surface area contributed by atoms with Gasteiger partial charge in [-0.3, -0.25) is 24.0 Å². The first-order chi connectivity index (χ1) is 17.3. The van der Waals surface area contributed by atoms with Crippen LogP contribution >= 0.6 is 0 Å². The standard InChI is InChI=1S/C24H36N6O7/c1-3-13(2)20(27)23(35)28-15(9-10-18(25)31)21(33)29-16(11-14-7-5-4-6-8-14)22(34)30-17(24(36)37)12-19(26)32/h4-8,13,15-17,20H,3,9-12,27H2,1-2H3,(H2,25,31)(H2,26,32)(H,28,35)(H,29,33)(H,30,34)(H,36,37). The van der Waals surface area contributed by atoms with E-state index in [0.717, 1.165) is 0 Å². The topological polar surface area (TPSA) is 237 Å². The van der Waals surface area contributed by atoms with Crippen molar-refractivity contribution in [2.24, 2.45) is 23.1 Å². The maximum atomic E-state index is 13.2. The van der Waals surface area contributed by atoms with Crippen LogP contribution in [0.3, 0.4) is 0 Å². The zero-order valence-electron chi connectivity index (χ0n) is 20.9. The molecule has 13 nitrogen and oxygen atoms in total. The summed E-state index contributed by atoms with van der Waals surface area (Å²) in [4.78, 5) is 72.8. The molecule has 0 aliphatic carbocycles. The number of nitrogens with two attached hydrogens (primary N) is 3. The van der Waals surface area contributed by atoms with Gasteiger partial charge in [0, 0.05) is 12.8 Å². The molecule has 0 aliphatic rings. The summed E-state index contributed by atoms with van der Waals surface area (Å²) < 4.78 is 0. The quantitative estimate of drug-likeness (QED) is 0.132. The summed E-state index contributed by atoms with van der Waals surface area (Å²) in [5.74, 6) is -5.62. The van der Waals surface area contributed by atoms with Crippen molar-refractivity contribution >= 4 is 35.5 Å². The number of nitrogens with one attached hydrogen (secondary N) is 3. The van der Waals surface area contributed by atoms with Gasteiger partial charge in [0.05, 0.1) is 12.5 Å². The Morgan fingerprint density at radius 2 is 1.38 bits per heavy atom. The Balaban J connectivity index is 3.17. The fourth-order valence-electron chi connectivity index (χ4n) is 3.34. The monoisotopic (exact) mass is 520 g/mol. The van der Waals surface area contributed by atoms with Gasteiger partial charge in [0.1, 0.15) is 18.1 Å². The normalized spacial score (nSPS) is 14.8. The van der Waals surface area contributed by atoms with Gasteiger partial charge in [-0.1, -0.05) is 50.6 Å². The molecular formula is C24H36N6O7. The molecule has 0 fully saturated rings. The number of hydrogen-bond donors (Lipinski definition) is 7. The highest BCUT2D eigenvalue weighted by atomic mass is 16.4. The molecule has 0 aliphatic heterocycles. The zero-order chi connectivity index (χ0) is 28.1. The minimum atomic E-state index is -1.61. The first kappa shape index (κ1) is 31.0. The molecule has 13 heteroatoms. The molecule has 1 aromatic rings. The summed E-state index contributed by atoms with van der Waals surface area (Å²) in [7, 11) is 0. The van der Waals surface area contributed by atoms with Gasteiger partial charge < -0.3 is 38.3 Å². The number of carbonyl (C=O) groups is 6. The van der Waals surface area contributed by atoms with Crippen molar-refractivity contribution in [3.05, 3.63) is 35.9 Å². The summed E-state index contributed by atoms with van der Waals surface area (Å²) in [5.41, 5.74) is 16.9. The van der Waals surface area contributed by atoms with Crippen LogP contribution in [0.2, 0.25) is 0 Å². The van der Waals surface area contributed by atoms with Crippen molar-refractivity contribution in [3.8, 4) is 0 Å². The van der Waals surface area contributed by atoms with E-state index in [1.54, 1.807) is 37.3 Å². The lowest BCUT2D eigenvalue weighted by molar-refractivity contribution is -0.143. The van der Waals surface area contributed by atoms with Crippen molar-refractivity contribution < 1.29 is 33.9 Å². The highest BCUT2D eigenvalue weighted by Gasteiger charge is 2.31. The number of aliphatic carboxylic acids is 1. The van der Waals surface area contributed by atoms with E-state index in [4.69, 9.17) is 17.2 Å². The van der Waals surface area contributed by atoms with Gasteiger partial charge in [-0.2, -0.15) is 0 Å². The molecule has 0 spiro atoms. The highest BCUT2D eigenvalue weighted by molar-refractivity contribution is 5.95. The van der Waals surface area contributed by atoms with Crippen LogP contribution in [0, 0.1) is 5.92 Å². The van der Waals surface area contributed by atoms with Crippen molar-refractivity contribution in [3.63, 3.8) is 0 Å². The minimum absolute atomic E-state index is 0.0375. The van der Waals surface area contributed by atoms with Gasteiger partial charge in [-0.25, -0.2) is 4.79 Å². The Bertz CT molecular complexity index is 972. The van der Waals surface area contributed by atoms with Gasteiger partial charge in [-0.15, -0.1) is 0 Å². The van der Waals surface area contributed by atoms with Crippen LogP contribution in [0.25, 0.3) is 0 Å². The van der Waals surface area contributed by atoms with Gasteiger partial charge in [0.25, 0.3) is 0 Å². The minimum Gasteiger partial charge on any atom is -0.480 e. The van der Waals surface area contributed by atoms with Crippen LogP contribution in [0.4, 0.5) is 0 Å². The number of amides is 5. The average molecular weight is 521 g/mol. The first-order valence-corrected chi connectivity index (χ1v) is 11.9. The number of carboxylic acids is 1. The Morgan fingerprint density at radius 3 is 1.89 bits per heavy atom. The van der Waals surface area contributed by atoms with Crippen LogP contribution in [0.5, 0.6) is 0 Å². The van der Waals surface area contributed by atoms with Crippen molar-refractivity contribution in [1.29, 1.82) is 0 Å². The highest BCUT2D eigenvalue weighted by Crippen LogP contribution is 2.09. The number of hydrogen-bond acceptors (Lipinski definition) is 7. The van der Waals surface area contributed by atoms with E-state index < -0.39 is 66.1 Å². The largest absolute Gasteiger partial charge is 0.480 e. The van der Waals surface area contributed by atoms with Gasteiger partial charge in [0.15, 0.2) is 0 Å². The molecule has 0 saturated carbocycles. The van der Waals surface area contributed by atoms with Crippen LogP contribution in [-0.2, 0) is 35.2 Å². The molecular weight excluding hydrogens is 484 g/mol. The van der Waals surface area contributed by atoms with E-state index >= 15 is 0 Å². The van der Waals surface area contributed by atoms with Crippen LogP contribution < -0.4 is 33.2 Å². The van der Waals surface area contributed by atoms with Crippen molar-refractivity contribution in [2.75, 3.05) is 0 Å². The lowest BCUT2D eigenvalue weighted by Crippen LogP contribution is -2.58. The van der Waals surface area contributed by atoms with Crippen LogP contribution in [0.15, 0.2) is 30.3 Å². The SMILES string of the molecule is CCC(C)C(N)C(=O)NC(CCC(N)=O)C(=O)NC(Cc1ccccc1)C(=O)NC(CC(N)=O)C(=O)O. The molecule has 37 heavy (non-hydrogen) atoms. The summed E-state index contributed by atoms with van der Waals surface area (Å²) in [6.45, 7) is 3.62. The van der Waals surface area contributed by atoms with E-state index in [2.05, 4.69) is 16.0 Å². The fourth-order valence-corrected chi connectivity index (χ4v) is 3.34. The summed E-state index contributed by atoms with van der Waals surface area (Å²) in [6.07, 6.45) is -0.463. The van der Waals surface area contributed by atoms with Crippen LogP contribution in [0.1, 0.15) is 45.1 Å². The lowest BCUT2D eigenvalue weighted by atomic mass is 9.98. The summed E-state index contributed by atoms with van der Waals surface area (Å²) >= 11 is 0. The molecule has 1 rings (SSSR count). The van der Waals surface area contributed by atoms with Crippen LogP contribution in [-0.4, -0.2) is 64.8 Å². The Labute approximate surface area is 214 Å². The first-order valence-electron chi connectivity index (χ1n) is 11.9. The maximum Gasteiger partial charge on any atom is 0.326 e. The molecule has 1 aromatic carbocycles. The van der Waals surface area contributed by atoms with Gasteiger partial charge in [-0.05, 0) is 17.9 Å². The average Bonchev–Trinajstić information content (AvgIpc) is 2.84. The third-order valence-corrected chi connectivity index (χ3v) is 5.81. The molecule has 5 atom stereocenters. The molecule has 0 saturated heterocycles. The Hall–Kier alpha value is -4.00. The predicted octanol–water partition coefficient (Wildman–Crippen LogP) is -1.72. The number of carboxylic acid groups (broad SMARTS) is 1. The van der Waals surface area contributed by atoms with E-state index in [1.807, 2.05) is 6.92 Å². The van der Waals surface area contributed by atoms with Crippen molar-refractivity contribution in [2.45, 2.75) is 70.1 Å². The molecule has 0 bridgehead atoms. The predicted molar refractivity (Wildman–Crippen MR) is 133 cm³/mol.